The minimum Gasteiger partial charge on any atom is -0.395 e. The van der Waals surface area contributed by atoms with Crippen LogP contribution in [0.15, 0.2) is 30.3 Å². The number of nitrogens with one attached hydrogen (secondary N) is 3. The van der Waals surface area contributed by atoms with E-state index in [1.165, 1.54) is 31.2 Å². The minimum atomic E-state index is -0.220. The van der Waals surface area contributed by atoms with E-state index in [1.807, 2.05) is 18.2 Å². The molecule has 2 aromatic rings. The third kappa shape index (κ3) is 6.13. The summed E-state index contributed by atoms with van der Waals surface area (Å²) in [5.74, 6) is 1.91. The fraction of sp³-hybridized carbons (Fsp3) is 0.480. The third-order valence-corrected chi connectivity index (χ3v) is 7.09. The topological polar surface area (TPSA) is 113 Å². The molecule has 0 spiro atoms. The van der Waals surface area contributed by atoms with Gasteiger partial charge in [0.1, 0.15) is 17.7 Å². The maximum Gasteiger partial charge on any atom is 0.258 e. The van der Waals surface area contributed by atoms with Gasteiger partial charge >= 0.3 is 0 Å². The summed E-state index contributed by atoms with van der Waals surface area (Å²) in [4.78, 5) is 20.2. The Morgan fingerprint density at radius 3 is 2.94 bits per heavy atom. The second-order valence-electron chi connectivity index (χ2n) is 8.80. The lowest BCUT2D eigenvalue weighted by Gasteiger charge is -2.36. The van der Waals surface area contributed by atoms with Crippen molar-refractivity contribution in [3.05, 3.63) is 41.5 Å². The predicted molar refractivity (Wildman–Crippen MR) is 138 cm³/mol. The molecule has 9 heteroatoms. The average Bonchev–Trinajstić information content (AvgIpc) is 2.86. The maximum atomic E-state index is 13.4. The zero-order valence-corrected chi connectivity index (χ0v) is 20.2. The van der Waals surface area contributed by atoms with Gasteiger partial charge < -0.3 is 25.4 Å². The van der Waals surface area contributed by atoms with Gasteiger partial charge in [-0.15, -0.1) is 0 Å². The highest BCUT2D eigenvalue weighted by atomic mass is 32.2. The number of piperidine rings is 1. The van der Waals surface area contributed by atoms with Crippen LogP contribution in [0.5, 0.6) is 0 Å². The van der Waals surface area contributed by atoms with Crippen LogP contribution in [0.4, 0.5) is 23.0 Å². The number of amides is 1. The van der Waals surface area contributed by atoms with Crippen LogP contribution >= 0.6 is 11.9 Å². The van der Waals surface area contributed by atoms with Gasteiger partial charge in [0.25, 0.3) is 5.91 Å². The molecule has 1 aromatic carbocycles. The molecule has 34 heavy (non-hydrogen) atoms. The summed E-state index contributed by atoms with van der Waals surface area (Å²) in [7, 11) is 0. The van der Waals surface area contributed by atoms with Crippen LogP contribution in [-0.4, -0.2) is 48.0 Å². The number of pyridine rings is 1. The quantitative estimate of drug-likeness (QED) is 0.375. The molecule has 2 aliphatic heterocycles. The molecule has 4 rings (SSSR count). The van der Waals surface area contributed by atoms with Crippen LogP contribution in [0.25, 0.3) is 0 Å². The smallest absolute Gasteiger partial charge is 0.258 e. The van der Waals surface area contributed by atoms with Crippen LogP contribution in [0.3, 0.4) is 0 Å². The third-order valence-electron chi connectivity index (χ3n) is 6.32. The number of carbonyl (C=O) groups is 1. The van der Waals surface area contributed by atoms with E-state index in [9.17, 15) is 10.1 Å². The maximum absolute atomic E-state index is 13.4. The Balaban J connectivity index is 1.67. The van der Waals surface area contributed by atoms with E-state index in [-0.39, 0.29) is 12.5 Å². The van der Waals surface area contributed by atoms with Gasteiger partial charge in [-0.05, 0) is 61.9 Å². The summed E-state index contributed by atoms with van der Waals surface area (Å²) in [6, 6.07) is 11.3. The van der Waals surface area contributed by atoms with Crippen LogP contribution in [-0.2, 0) is 0 Å². The van der Waals surface area contributed by atoms with Crippen molar-refractivity contribution in [3.63, 3.8) is 0 Å². The van der Waals surface area contributed by atoms with Crippen LogP contribution < -0.4 is 20.3 Å². The normalized spacial score (nSPS) is 18.8. The molecule has 4 bridgehead atoms. The molecule has 1 atom stereocenters. The van der Waals surface area contributed by atoms with Gasteiger partial charge in [0.05, 0.1) is 23.4 Å². The Morgan fingerprint density at radius 2 is 2.09 bits per heavy atom. The monoisotopic (exact) mass is 480 g/mol. The van der Waals surface area contributed by atoms with E-state index >= 15 is 0 Å². The lowest BCUT2D eigenvalue weighted by atomic mass is 9.91. The first kappa shape index (κ1) is 24.2. The first-order valence-electron chi connectivity index (χ1n) is 12.0. The summed E-state index contributed by atoms with van der Waals surface area (Å²) in [5.41, 5.74) is 2.89. The SMILES string of the molecule is N#Cc1ccc2nc1NCCCCC[C@H]1CCCN(C1)c1cc(NSCCO)ccc1C(=O)N2. The number of hydrogen-bond donors (Lipinski definition) is 4. The fourth-order valence-electron chi connectivity index (χ4n) is 4.63. The molecule has 3 heterocycles. The zero-order chi connectivity index (χ0) is 23.8. The van der Waals surface area contributed by atoms with Crippen molar-refractivity contribution in [3.8, 4) is 6.07 Å². The Bertz CT molecular complexity index is 1040. The van der Waals surface area contributed by atoms with Gasteiger partial charge in [-0.1, -0.05) is 24.8 Å². The molecule has 180 valence electrons. The number of nitrogens with zero attached hydrogens (tertiary/aromatic N) is 3. The molecule has 0 saturated carbocycles. The Hall–Kier alpha value is -2.96. The summed E-state index contributed by atoms with van der Waals surface area (Å²) in [6.07, 6.45) is 6.84. The van der Waals surface area contributed by atoms with Crippen molar-refractivity contribution in [2.75, 3.05) is 52.2 Å². The zero-order valence-electron chi connectivity index (χ0n) is 19.3. The number of aliphatic hydroxyl groups excluding tert-OH is 1. The van der Waals surface area contributed by atoms with Gasteiger partial charge in [-0.25, -0.2) is 4.98 Å². The largest absolute Gasteiger partial charge is 0.395 e. The summed E-state index contributed by atoms with van der Waals surface area (Å²) in [6.45, 7) is 2.73. The van der Waals surface area contributed by atoms with Crippen molar-refractivity contribution >= 4 is 40.9 Å². The summed E-state index contributed by atoms with van der Waals surface area (Å²) < 4.78 is 3.27. The van der Waals surface area contributed by atoms with Crippen molar-refractivity contribution in [2.24, 2.45) is 5.92 Å². The van der Waals surface area contributed by atoms with Gasteiger partial charge in [0.2, 0.25) is 0 Å². The molecule has 0 radical (unpaired) electrons. The van der Waals surface area contributed by atoms with Gasteiger partial charge in [-0.3, -0.25) is 4.79 Å². The molecule has 1 saturated heterocycles. The highest BCUT2D eigenvalue weighted by molar-refractivity contribution is 8.00. The molecule has 1 amide bonds. The van der Waals surface area contributed by atoms with Crippen molar-refractivity contribution < 1.29 is 9.90 Å². The molecule has 1 fully saturated rings. The number of aromatic nitrogens is 1. The molecular weight excluding hydrogens is 448 g/mol. The van der Waals surface area contributed by atoms with Gasteiger partial charge in [0, 0.05) is 31.1 Å². The van der Waals surface area contributed by atoms with Crippen molar-refractivity contribution in [1.82, 2.24) is 4.98 Å². The molecule has 8 nitrogen and oxygen atoms in total. The number of anilines is 4. The molecule has 1 aromatic heterocycles. The molecule has 4 N–H and O–H groups in total. The first-order valence-corrected chi connectivity index (χ1v) is 13.0. The minimum absolute atomic E-state index is 0.104. The number of fused-ring (bicyclic) bond motifs is 6. The van der Waals surface area contributed by atoms with Crippen molar-refractivity contribution in [1.29, 1.82) is 5.26 Å². The standard InChI is InChI=1S/C25H32N6O2S/c26-16-19-7-10-23-28-24(19)27-11-3-1-2-5-18-6-4-12-31(17-18)22-15-20(30-34-14-13-32)8-9-21(22)25(33)29-23/h7-10,15,18,30,32H,1-6,11-14,17H2,(H2,27,28,29,33)/t18-/m0/s1. The van der Waals surface area contributed by atoms with E-state index in [0.29, 0.717) is 34.4 Å². The summed E-state index contributed by atoms with van der Waals surface area (Å²) >= 11 is 1.44. The summed E-state index contributed by atoms with van der Waals surface area (Å²) in [5, 5.41) is 24.7. The Labute approximate surface area is 205 Å². The van der Waals surface area contributed by atoms with Crippen LogP contribution in [0.1, 0.15) is 54.4 Å². The van der Waals surface area contributed by atoms with Gasteiger partial charge in [0.15, 0.2) is 0 Å². The first-order chi connectivity index (χ1) is 16.7. The highest BCUT2D eigenvalue weighted by Crippen LogP contribution is 2.32. The number of aliphatic hydroxyl groups is 1. The average molecular weight is 481 g/mol. The number of nitriles is 1. The lowest BCUT2D eigenvalue weighted by molar-refractivity contribution is 0.102. The van der Waals surface area contributed by atoms with Crippen LogP contribution in [0, 0.1) is 17.2 Å². The molecule has 0 unspecified atom stereocenters. The Morgan fingerprint density at radius 1 is 1.21 bits per heavy atom. The highest BCUT2D eigenvalue weighted by Gasteiger charge is 2.24. The molecule has 2 aliphatic rings. The van der Waals surface area contributed by atoms with Crippen molar-refractivity contribution in [2.45, 2.75) is 38.5 Å². The second kappa shape index (κ2) is 12.0. The predicted octanol–water partition coefficient (Wildman–Crippen LogP) is 4.46. The van der Waals surface area contributed by atoms with E-state index in [2.05, 4.69) is 31.3 Å². The number of benzene rings is 1. The number of carbonyl (C=O) groups excluding carboxylic acids is 1. The van der Waals surface area contributed by atoms with E-state index < -0.39 is 0 Å². The van der Waals surface area contributed by atoms with Crippen LogP contribution in [0.2, 0.25) is 0 Å². The van der Waals surface area contributed by atoms with E-state index in [4.69, 9.17) is 5.11 Å². The number of hydrogen-bond acceptors (Lipinski definition) is 8. The van der Waals surface area contributed by atoms with E-state index in [1.54, 1.807) is 12.1 Å². The number of rotatable bonds is 4. The van der Waals surface area contributed by atoms with E-state index in [0.717, 1.165) is 50.3 Å². The second-order valence-corrected chi connectivity index (χ2v) is 9.70. The lowest BCUT2D eigenvalue weighted by Crippen LogP contribution is -2.36. The molecule has 0 aliphatic carbocycles. The molecular formula is C25H32N6O2S. The Kier molecular flexibility index (Phi) is 8.50. The van der Waals surface area contributed by atoms with Gasteiger partial charge in [-0.2, -0.15) is 5.26 Å². The fourth-order valence-corrected chi connectivity index (χ4v) is 5.11.